The summed E-state index contributed by atoms with van der Waals surface area (Å²) in [7, 11) is 0. The first-order valence-corrected chi connectivity index (χ1v) is 11.0. The van der Waals surface area contributed by atoms with Crippen LogP contribution in [0.4, 0.5) is 17.1 Å². The molecule has 5 aromatic rings. The van der Waals surface area contributed by atoms with Crippen molar-refractivity contribution in [2.24, 2.45) is 0 Å². The molecule has 1 aliphatic heterocycles. The zero-order valence-corrected chi connectivity index (χ0v) is 18.3. The van der Waals surface area contributed by atoms with E-state index in [4.69, 9.17) is 0 Å². The molecule has 0 N–H and O–H groups in total. The van der Waals surface area contributed by atoms with Gasteiger partial charge in [-0.2, -0.15) is 5.10 Å². The molecular formula is C29H22N4. The van der Waals surface area contributed by atoms with E-state index in [1.807, 2.05) is 41.5 Å². The smallest absolute Gasteiger partial charge is 0.0702 e. The zero-order valence-electron chi connectivity index (χ0n) is 18.3. The van der Waals surface area contributed by atoms with Crippen LogP contribution in [0, 0.1) is 6.92 Å². The van der Waals surface area contributed by atoms with E-state index in [2.05, 4.69) is 101 Å². The van der Waals surface area contributed by atoms with Crippen molar-refractivity contribution >= 4 is 29.2 Å². The summed E-state index contributed by atoms with van der Waals surface area (Å²) in [6.45, 7) is 2.06. The summed E-state index contributed by atoms with van der Waals surface area (Å²) >= 11 is 0. The fraction of sp³-hybridized carbons (Fsp3) is 0.0345. The third-order valence-electron chi connectivity index (χ3n) is 5.92. The molecule has 0 atom stereocenters. The normalized spacial score (nSPS) is 12.2. The first-order chi connectivity index (χ1) is 16.3. The van der Waals surface area contributed by atoms with Crippen molar-refractivity contribution in [1.82, 2.24) is 14.8 Å². The van der Waals surface area contributed by atoms with Gasteiger partial charge in [-0.05, 0) is 66.1 Å². The van der Waals surface area contributed by atoms with Gasteiger partial charge in [0.15, 0.2) is 0 Å². The number of para-hydroxylation sites is 1. The van der Waals surface area contributed by atoms with Gasteiger partial charge in [-0.25, -0.2) is 4.68 Å². The standard InChI is InChI=1S/C29H22N4/c1-21-19-31-32(20-21)25-15-14-23-13-12-22-7-2-3-11-28(22)33(29(23)18-25)26-9-6-8-24(17-26)27-10-4-5-16-30-27/h2-20H,1H3. The van der Waals surface area contributed by atoms with Crippen molar-refractivity contribution in [2.45, 2.75) is 6.92 Å². The van der Waals surface area contributed by atoms with Gasteiger partial charge < -0.3 is 4.90 Å². The highest BCUT2D eigenvalue weighted by Gasteiger charge is 2.21. The van der Waals surface area contributed by atoms with Crippen LogP contribution in [0.5, 0.6) is 0 Å². The minimum atomic E-state index is 0.960. The number of hydrogen-bond acceptors (Lipinski definition) is 3. The molecule has 6 rings (SSSR count). The number of rotatable bonds is 3. The van der Waals surface area contributed by atoms with Gasteiger partial charge in [-0.1, -0.05) is 54.6 Å². The minimum Gasteiger partial charge on any atom is -0.309 e. The van der Waals surface area contributed by atoms with Gasteiger partial charge >= 0.3 is 0 Å². The summed E-state index contributed by atoms with van der Waals surface area (Å²) in [6.07, 6.45) is 10.1. The summed E-state index contributed by atoms with van der Waals surface area (Å²) in [4.78, 5) is 6.89. The Bertz CT molecular complexity index is 1480. The zero-order chi connectivity index (χ0) is 22.2. The molecule has 4 heteroatoms. The maximum absolute atomic E-state index is 4.56. The maximum Gasteiger partial charge on any atom is 0.0702 e. The highest BCUT2D eigenvalue weighted by molar-refractivity contribution is 5.94. The Balaban J connectivity index is 1.56. The predicted molar refractivity (Wildman–Crippen MR) is 135 cm³/mol. The van der Waals surface area contributed by atoms with Gasteiger partial charge in [-0.15, -0.1) is 0 Å². The predicted octanol–water partition coefficient (Wildman–Crippen LogP) is 7.20. The monoisotopic (exact) mass is 426 g/mol. The number of benzene rings is 3. The van der Waals surface area contributed by atoms with Crippen LogP contribution in [-0.4, -0.2) is 14.8 Å². The minimum absolute atomic E-state index is 0.960. The third-order valence-corrected chi connectivity index (χ3v) is 5.92. The van der Waals surface area contributed by atoms with Gasteiger partial charge in [0.25, 0.3) is 0 Å². The average molecular weight is 427 g/mol. The molecule has 3 aromatic carbocycles. The molecule has 33 heavy (non-hydrogen) atoms. The molecule has 2 aromatic heterocycles. The molecule has 0 spiro atoms. The van der Waals surface area contributed by atoms with Gasteiger partial charge in [0.2, 0.25) is 0 Å². The Morgan fingerprint density at radius 1 is 0.697 bits per heavy atom. The lowest BCUT2D eigenvalue weighted by molar-refractivity contribution is 0.880. The number of anilines is 3. The second-order valence-electron chi connectivity index (χ2n) is 8.20. The van der Waals surface area contributed by atoms with Crippen molar-refractivity contribution in [3.8, 4) is 16.9 Å². The number of fused-ring (bicyclic) bond motifs is 2. The summed E-state index contributed by atoms with van der Waals surface area (Å²) in [6, 6.07) is 29.6. The molecule has 0 radical (unpaired) electrons. The molecule has 3 heterocycles. The molecule has 0 bridgehead atoms. The van der Waals surface area contributed by atoms with E-state index in [1.54, 1.807) is 0 Å². The Morgan fingerprint density at radius 2 is 1.55 bits per heavy atom. The molecule has 0 aliphatic carbocycles. The quantitative estimate of drug-likeness (QED) is 0.300. The van der Waals surface area contributed by atoms with Crippen LogP contribution in [0.2, 0.25) is 0 Å². The fourth-order valence-corrected chi connectivity index (χ4v) is 4.32. The maximum atomic E-state index is 4.56. The summed E-state index contributed by atoms with van der Waals surface area (Å²) in [5.41, 5.74) is 9.87. The molecule has 158 valence electrons. The molecular weight excluding hydrogens is 404 g/mol. The van der Waals surface area contributed by atoms with E-state index < -0.39 is 0 Å². The lowest BCUT2D eigenvalue weighted by atomic mass is 10.1. The Kier molecular flexibility index (Phi) is 4.62. The van der Waals surface area contributed by atoms with Crippen LogP contribution in [0.25, 0.3) is 29.1 Å². The first kappa shape index (κ1) is 19.3. The fourth-order valence-electron chi connectivity index (χ4n) is 4.32. The first-order valence-electron chi connectivity index (χ1n) is 11.0. The van der Waals surface area contributed by atoms with Gasteiger partial charge in [-0.3, -0.25) is 4.98 Å². The van der Waals surface area contributed by atoms with Crippen LogP contribution in [-0.2, 0) is 0 Å². The van der Waals surface area contributed by atoms with E-state index in [0.29, 0.717) is 0 Å². The Labute approximate surface area is 193 Å². The third kappa shape index (κ3) is 3.52. The van der Waals surface area contributed by atoms with E-state index in [1.165, 1.54) is 5.56 Å². The van der Waals surface area contributed by atoms with Crippen LogP contribution in [0.1, 0.15) is 16.7 Å². The van der Waals surface area contributed by atoms with Crippen molar-refractivity contribution in [3.05, 3.63) is 120 Å². The molecule has 1 aliphatic rings. The number of aromatic nitrogens is 3. The van der Waals surface area contributed by atoms with Crippen molar-refractivity contribution < 1.29 is 0 Å². The van der Waals surface area contributed by atoms with E-state index in [9.17, 15) is 0 Å². The van der Waals surface area contributed by atoms with Crippen LogP contribution in [0.3, 0.4) is 0 Å². The topological polar surface area (TPSA) is 34.0 Å². The van der Waals surface area contributed by atoms with Gasteiger partial charge in [0, 0.05) is 23.6 Å². The lowest BCUT2D eigenvalue weighted by Crippen LogP contribution is -2.12. The molecule has 0 unspecified atom stereocenters. The molecule has 0 amide bonds. The lowest BCUT2D eigenvalue weighted by Gasteiger charge is -2.28. The van der Waals surface area contributed by atoms with Crippen LogP contribution < -0.4 is 4.90 Å². The Morgan fingerprint density at radius 3 is 2.36 bits per heavy atom. The molecule has 0 fully saturated rings. The van der Waals surface area contributed by atoms with Gasteiger partial charge in [0.05, 0.1) is 29.0 Å². The SMILES string of the molecule is Cc1cnn(-c2ccc3c(c2)N(c2cccc(-c4ccccn4)c2)c2ccccc2C=C3)c1. The highest BCUT2D eigenvalue weighted by Crippen LogP contribution is 2.43. The van der Waals surface area contributed by atoms with E-state index in [0.717, 1.165) is 45.1 Å². The van der Waals surface area contributed by atoms with E-state index in [-0.39, 0.29) is 0 Å². The van der Waals surface area contributed by atoms with Gasteiger partial charge in [0.1, 0.15) is 0 Å². The van der Waals surface area contributed by atoms with Crippen LogP contribution >= 0.6 is 0 Å². The Hall–Kier alpha value is -4.44. The second-order valence-corrected chi connectivity index (χ2v) is 8.20. The van der Waals surface area contributed by atoms with E-state index >= 15 is 0 Å². The molecule has 4 nitrogen and oxygen atoms in total. The van der Waals surface area contributed by atoms with Crippen molar-refractivity contribution in [3.63, 3.8) is 0 Å². The number of aryl methyl sites for hydroxylation is 1. The van der Waals surface area contributed by atoms with Crippen molar-refractivity contribution in [1.29, 1.82) is 0 Å². The highest BCUT2D eigenvalue weighted by atomic mass is 15.3. The largest absolute Gasteiger partial charge is 0.309 e. The average Bonchev–Trinajstić information content (AvgIpc) is 3.23. The number of pyridine rings is 1. The number of hydrogen-bond donors (Lipinski definition) is 0. The molecule has 0 saturated carbocycles. The van der Waals surface area contributed by atoms with Crippen LogP contribution in [0.15, 0.2) is 104 Å². The second kappa shape index (κ2) is 7.92. The molecule has 0 saturated heterocycles. The summed E-state index contributed by atoms with van der Waals surface area (Å²) < 4.78 is 1.93. The summed E-state index contributed by atoms with van der Waals surface area (Å²) in [5.74, 6) is 0. The van der Waals surface area contributed by atoms with Crippen molar-refractivity contribution in [2.75, 3.05) is 4.90 Å². The number of nitrogens with zero attached hydrogens (tertiary/aromatic N) is 4. The summed E-state index contributed by atoms with van der Waals surface area (Å²) in [5, 5.41) is 4.53.